The zero-order chi connectivity index (χ0) is 20.1. The van der Waals surface area contributed by atoms with Gasteiger partial charge in [0.05, 0.1) is 6.54 Å². The zero-order valence-corrected chi connectivity index (χ0v) is 18.2. The van der Waals surface area contributed by atoms with Crippen molar-refractivity contribution in [3.8, 4) is 0 Å². The average Bonchev–Trinajstić information content (AvgIpc) is 2.79. The van der Waals surface area contributed by atoms with E-state index in [1.54, 1.807) is 0 Å². The minimum Gasteiger partial charge on any atom is -0.357 e. The SMILES string of the molecule is CCNC(=NCC1CN2CCN1CC2)NC1CCN(C(C)c2ccccc2)CC1. The first-order valence-corrected chi connectivity index (χ1v) is 11.5. The average molecular weight is 399 g/mol. The van der Waals surface area contributed by atoms with E-state index in [2.05, 4.69) is 69.5 Å². The van der Waals surface area contributed by atoms with Gasteiger partial charge in [0.15, 0.2) is 5.96 Å². The minimum atomic E-state index is 0.491. The third-order valence-corrected chi connectivity index (χ3v) is 6.90. The molecule has 0 amide bonds. The summed E-state index contributed by atoms with van der Waals surface area (Å²) in [4.78, 5) is 12.8. The van der Waals surface area contributed by atoms with E-state index in [4.69, 9.17) is 4.99 Å². The lowest BCUT2D eigenvalue weighted by atomic mass is 10.0. The molecule has 4 heterocycles. The van der Waals surface area contributed by atoms with Gasteiger partial charge in [0.25, 0.3) is 0 Å². The van der Waals surface area contributed by atoms with Crippen molar-refractivity contribution in [2.24, 2.45) is 4.99 Å². The normalized spacial score (nSPS) is 29.6. The number of nitrogens with zero attached hydrogens (tertiary/aromatic N) is 4. The highest BCUT2D eigenvalue weighted by Crippen LogP contribution is 2.24. The molecule has 1 aromatic carbocycles. The predicted molar refractivity (Wildman–Crippen MR) is 120 cm³/mol. The van der Waals surface area contributed by atoms with E-state index in [9.17, 15) is 0 Å². The zero-order valence-electron chi connectivity index (χ0n) is 18.2. The van der Waals surface area contributed by atoms with E-state index in [-0.39, 0.29) is 0 Å². The third kappa shape index (κ3) is 5.30. The van der Waals surface area contributed by atoms with Gasteiger partial charge in [0, 0.05) is 70.5 Å². The highest BCUT2D eigenvalue weighted by atomic mass is 15.3. The van der Waals surface area contributed by atoms with Gasteiger partial charge in [-0.05, 0) is 32.3 Å². The minimum absolute atomic E-state index is 0.491. The number of rotatable bonds is 6. The van der Waals surface area contributed by atoms with Crippen LogP contribution in [0.5, 0.6) is 0 Å². The molecule has 0 spiro atoms. The van der Waals surface area contributed by atoms with Gasteiger partial charge in [-0.1, -0.05) is 30.3 Å². The standard InChI is InChI=1S/C23H38N6/c1-3-24-23(25-17-22-18-27-13-15-29(22)16-14-27)26-21-9-11-28(12-10-21)19(2)20-7-5-4-6-8-20/h4-8,19,21-22H,3,9-18H2,1-2H3,(H2,24,25,26). The smallest absolute Gasteiger partial charge is 0.191 e. The molecule has 6 heteroatoms. The van der Waals surface area contributed by atoms with Gasteiger partial charge in [0.2, 0.25) is 0 Å². The van der Waals surface area contributed by atoms with Crippen LogP contribution in [0.4, 0.5) is 0 Å². The van der Waals surface area contributed by atoms with Crippen LogP contribution in [0, 0.1) is 0 Å². The summed E-state index contributed by atoms with van der Waals surface area (Å²) in [6, 6.07) is 12.5. The van der Waals surface area contributed by atoms with E-state index in [0.29, 0.717) is 18.1 Å². The van der Waals surface area contributed by atoms with Crippen molar-refractivity contribution in [1.82, 2.24) is 25.3 Å². The van der Waals surface area contributed by atoms with Crippen molar-refractivity contribution in [3.05, 3.63) is 35.9 Å². The topological polar surface area (TPSA) is 46.1 Å². The molecule has 4 fully saturated rings. The maximum atomic E-state index is 4.96. The number of guanidine groups is 1. The van der Waals surface area contributed by atoms with E-state index < -0.39 is 0 Å². The van der Waals surface area contributed by atoms with Crippen LogP contribution in [0.15, 0.2) is 35.3 Å². The van der Waals surface area contributed by atoms with Crippen molar-refractivity contribution in [2.45, 2.75) is 44.8 Å². The molecule has 2 atom stereocenters. The van der Waals surface area contributed by atoms with Gasteiger partial charge in [-0.3, -0.25) is 19.7 Å². The Morgan fingerprint density at radius 1 is 1.07 bits per heavy atom. The molecule has 0 saturated carbocycles. The lowest BCUT2D eigenvalue weighted by Crippen LogP contribution is -2.62. The van der Waals surface area contributed by atoms with E-state index >= 15 is 0 Å². The molecular formula is C23H38N6. The molecule has 2 bridgehead atoms. The fourth-order valence-electron chi connectivity index (χ4n) is 4.98. The number of piperidine rings is 1. The van der Waals surface area contributed by atoms with Gasteiger partial charge in [0.1, 0.15) is 0 Å². The molecule has 0 radical (unpaired) electrons. The van der Waals surface area contributed by atoms with Crippen LogP contribution in [0.2, 0.25) is 0 Å². The monoisotopic (exact) mass is 398 g/mol. The highest BCUT2D eigenvalue weighted by Gasteiger charge is 2.31. The largest absolute Gasteiger partial charge is 0.357 e. The van der Waals surface area contributed by atoms with Crippen LogP contribution < -0.4 is 10.6 Å². The second kappa shape index (κ2) is 9.92. The first-order valence-electron chi connectivity index (χ1n) is 11.5. The highest BCUT2D eigenvalue weighted by molar-refractivity contribution is 5.80. The van der Waals surface area contributed by atoms with Crippen LogP contribution in [0.25, 0.3) is 0 Å². The second-order valence-corrected chi connectivity index (χ2v) is 8.75. The van der Waals surface area contributed by atoms with Crippen LogP contribution in [-0.4, -0.2) is 91.6 Å². The number of fused-ring (bicyclic) bond motifs is 3. The lowest BCUT2D eigenvalue weighted by Gasteiger charge is -2.47. The molecule has 160 valence electrons. The summed E-state index contributed by atoms with van der Waals surface area (Å²) < 4.78 is 0. The summed E-state index contributed by atoms with van der Waals surface area (Å²) in [5.41, 5.74) is 1.42. The Balaban J connectivity index is 1.27. The summed E-state index contributed by atoms with van der Waals surface area (Å²) in [6.07, 6.45) is 2.34. The molecule has 1 aromatic rings. The summed E-state index contributed by atoms with van der Waals surface area (Å²) in [7, 11) is 0. The van der Waals surface area contributed by atoms with Gasteiger partial charge >= 0.3 is 0 Å². The van der Waals surface area contributed by atoms with Crippen molar-refractivity contribution in [3.63, 3.8) is 0 Å². The Hall–Kier alpha value is -1.63. The maximum Gasteiger partial charge on any atom is 0.191 e. The summed E-state index contributed by atoms with van der Waals surface area (Å²) in [5, 5.41) is 7.19. The quantitative estimate of drug-likeness (QED) is 0.565. The molecule has 2 N–H and O–H groups in total. The second-order valence-electron chi connectivity index (χ2n) is 8.75. The first-order chi connectivity index (χ1) is 14.2. The van der Waals surface area contributed by atoms with Gasteiger partial charge < -0.3 is 10.6 Å². The number of hydrogen-bond acceptors (Lipinski definition) is 4. The van der Waals surface area contributed by atoms with Crippen LogP contribution in [0.1, 0.15) is 38.3 Å². The Kier molecular flexibility index (Phi) is 7.06. The van der Waals surface area contributed by atoms with Crippen molar-refractivity contribution >= 4 is 5.96 Å². The number of likely N-dealkylation sites (tertiary alicyclic amines) is 1. The molecule has 5 rings (SSSR count). The summed E-state index contributed by atoms with van der Waals surface area (Å²) in [5.74, 6) is 1.000. The Morgan fingerprint density at radius 2 is 1.79 bits per heavy atom. The molecule has 4 saturated heterocycles. The molecular weight excluding hydrogens is 360 g/mol. The van der Waals surface area contributed by atoms with Crippen molar-refractivity contribution in [1.29, 1.82) is 0 Å². The molecule has 29 heavy (non-hydrogen) atoms. The van der Waals surface area contributed by atoms with Crippen molar-refractivity contribution in [2.75, 3.05) is 58.9 Å². The molecule has 0 aliphatic carbocycles. The molecule has 2 unspecified atom stereocenters. The van der Waals surface area contributed by atoms with E-state index in [0.717, 1.165) is 32.1 Å². The number of aliphatic imine (C=N–C) groups is 1. The lowest BCUT2D eigenvalue weighted by molar-refractivity contribution is 0.0174. The van der Waals surface area contributed by atoms with Crippen LogP contribution >= 0.6 is 0 Å². The van der Waals surface area contributed by atoms with Gasteiger partial charge in [-0.15, -0.1) is 0 Å². The van der Waals surface area contributed by atoms with Crippen LogP contribution in [-0.2, 0) is 0 Å². The Morgan fingerprint density at radius 3 is 2.41 bits per heavy atom. The Labute approximate surface area is 176 Å². The number of nitrogens with one attached hydrogen (secondary N) is 2. The fourth-order valence-corrected chi connectivity index (χ4v) is 4.98. The number of hydrogen-bond donors (Lipinski definition) is 2. The van der Waals surface area contributed by atoms with E-state index in [1.165, 1.54) is 51.1 Å². The number of piperazine rings is 3. The number of benzene rings is 1. The third-order valence-electron chi connectivity index (χ3n) is 6.90. The molecule has 4 aliphatic rings. The summed E-state index contributed by atoms with van der Waals surface area (Å²) in [6.45, 7) is 14.6. The first kappa shape index (κ1) is 20.6. The molecule has 6 nitrogen and oxygen atoms in total. The van der Waals surface area contributed by atoms with Gasteiger partial charge in [-0.25, -0.2) is 0 Å². The van der Waals surface area contributed by atoms with E-state index in [1.807, 2.05) is 0 Å². The Bertz CT molecular complexity index is 647. The molecule has 4 aliphatic heterocycles. The van der Waals surface area contributed by atoms with Gasteiger partial charge in [-0.2, -0.15) is 0 Å². The summed E-state index contributed by atoms with van der Waals surface area (Å²) >= 11 is 0. The van der Waals surface area contributed by atoms with Crippen molar-refractivity contribution < 1.29 is 0 Å². The molecule has 0 aromatic heterocycles. The maximum absolute atomic E-state index is 4.96. The predicted octanol–water partition coefficient (Wildman–Crippen LogP) is 1.77. The van der Waals surface area contributed by atoms with Crippen LogP contribution in [0.3, 0.4) is 0 Å². The fraction of sp³-hybridized carbons (Fsp3) is 0.696.